The van der Waals surface area contributed by atoms with Crippen molar-refractivity contribution in [2.75, 3.05) is 17.7 Å². The van der Waals surface area contributed by atoms with Gasteiger partial charge in [-0.1, -0.05) is 23.5 Å². The maximum absolute atomic E-state index is 13.3. The van der Waals surface area contributed by atoms with Crippen LogP contribution in [0.15, 0.2) is 73.1 Å². The van der Waals surface area contributed by atoms with Gasteiger partial charge in [-0.15, -0.1) is 0 Å². The highest BCUT2D eigenvalue weighted by molar-refractivity contribution is 7.22. The van der Waals surface area contributed by atoms with Gasteiger partial charge < -0.3 is 10.1 Å². The summed E-state index contributed by atoms with van der Waals surface area (Å²) in [4.78, 5) is 38.6. The van der Waals surface area contributed by atoms with Crippen molar-refractivity contribution in [1.29, 1.82) is 5.26 Å². The first-order valence-corrected chi connectivity index (χ1v) is 12.3. The van der Waals surface area contributed by atoms with Gasteiger partial charge >= 0.3 is 0 Å². The number of aromatic nitrogens is 3. The molecule has 0 atom stereocenters. The number of hydrogen-bond acceptors (Lipinski definition) is 8. The number of anilines is 2. The van der Waals surface area contributed by atoms with E-state index in [0.29, 0.717) is 49.2 Å². The number of ether oxygens (including phenoxy) is 1. The Bertz CT molecular complexity index is 1720. The van der Waals surface area contributed by atoms with Crippen LogP contribution < -0.4 is 15.4 Å². The molecule has 0 aliphatic rings. The predicted molar refractivity (Wildman–Crippen MR) is 146 cm³/mol. The molecule has 0 radical (unpaired) electrons. The maximum Gasteiger partial charge on any atom is 0.258 e. The van der Waals surface area contributed by atoms with Crippen molar-refractivity contribution in [2.45, 2.75) is 6.92 Å². The standard InChI is InChI=1S/C28H20N6O3S/c1-16(35)31-19-6-4-18(5-7-19)23-8-9-24-27(32-23)38-28(33-24)34-26(36)20-11-12-30-15-22(20)21-13-17(14-29)3-10-25(21)37-2/h3-13,15H,1-2H3,(H,31,35)(H,33,34,36). The van der Waals surface area contributed by atoms with Crippen molar-refractivity contribution in [3.63, 3.8) is 0 Å². The van der Waals surface area contributed by atoms with Gasteiger partial charge in [0.1, 0.15) is 16.1 Å². The molecular formula is C28H20N6O3S. The monoisotopic (exact) mass is 520 g/mol. The van der Waals surface area contributed by atoms with Crippen LogP contribution in [-0.2, 0) is 4.79 Å². The molecule has 2 aromatic carbocycles. The molecule has 0 unspecified atom stereocenters. The fourth-order valence-electron chi connectivity index (χ4n) is 3.92. The number of fused-ring (bicyclic) bond motifs is 1. The molecule has 0 spiro atoms. The molecule has 5 rings (SSSR count). The van der Waals surface area contributed by atoms with Gasteiger partial charge in [0.05, 0.1) is 30.0 Å². The van der Waals surface area contributed by atoms with Gasteiger partial charge in [-0.05, 0) is 48.5 Å². The number of nitrogens with one attached hydrogen (secondary N) is 2. The van der Waals surface area contributed by atoms with Crippen molar-refractivity contribution < 1.29 is 14.3 Å². The van der Waals surface area contributed by atoms with Crippen LogP contribution in [0.25, 0.3) is 32.7 Å². The first kappa shape index (κ1) is 24.5. The van der Waals surface area contributed by atoms with Crippen molar-refractivity contribution in [3.8, 4) is 34.2 Å². The summed E-state index contributed by atoms with van der Waals surface area (Å²) in [5, 5.41) is 15.3. The first-order valence-electron chi connectivity index (χ1n) is 11.4. The minimum Gasteiger partial charge on any atom is -0.496 e. The molecule has 0 saturated heterocycles. The lowest BCUT2D eigenvalue weighted by Gasteiger charge is -2.12. The average molecular weight is 521 g/mol. The number of thiazole rings is 1. The molecule has 9 nitrogen and oxygen atoms in total. The summed E-state index contributed by atoms with van der Waals surface area (Å²) in [6.45, 7) is 1.46. The number of carbonyl (C=O) groups is 2. The molecule has 2 N–H and O–H groups in total. The number of benzene rings is 2. The van der Waals surface area contributed by atoms with E-state index in [2.05, 4.69) is 26.7 Å². The molecule has 3 aromatic heterocycles. The van der Waals surface area contributed by atoms with Crippen molar-refractivity contribution in [3.05, 3.63) is 84.2 Å². The van der Waals surface area contributed by atoms with Gasteiger partial charge in [0.2, 0.25) is 5.91 Å². The van der Waals surface area contributed by atoms with Gasteiger partial charge in [0.25, 0.3) is 5.91 Å². The van der Waals surface area contributed by atoms with Gasteiger partial charge in [0, 0.05) is 41.7 Å². The Balaban J connectivity index is 1.42. The number of hydrogen-bond donors (Lipinski definition) is 2. The number of rotatable bonds is 6. The zero-order valence-electron chi connectivity index (χ0n) is 20.4. The fourth-order valence-corrected chi connectivity index (χ4v) is 4.75. The van der Waals surface area contributed by atoms with Crippen LogP contribution in [0.5, 0.6) is 5.75 Å². The van der Waals surface area contributed by atoms with E-state index in [4.69, 9.17) is 9.72 Å². The van der Waals surface area contributed by atoms with E-state index < -0.39 is 0 Å². The SMILES string of the molecule is COc1ccc(C#N)cc1-c1cnccc1C(=O)Nc1nc2ccc(-c3ccc(NC(C)=O)cc3)nc2s1. The molecular weight excluding hydrogens is 500 g/mol. The Morgan fingerprint density at radius 1 is 0.974 bits per heavy atom. The highest BCUT2D eigenvalue weighted by Crippen LogP contribution is 2.34. The largest absolute Gasteiger partial charge is 0.496 e. The van der Waals surface area contributed by atoms with Crippen LogP contribution in [0.2, 0.25) is 0 Å². The minimum atomic E-state index is -0.375. The lowest BCUT2D eigenvalue weighted by Crippen LogP contribution is -2.13. The van der Waals surface area contributed by atoms with Crippen LogP contribution in [0.3, 0.4) is 0 Å². The zero-order valence-corrected chi connectivity index (χ0v) is 21.2. The van der Waals surface area contributed by atoms with Crippen LogP contribution in [0.1, 0.15) is 22.8 Å². The molecule has 38 heavy (non-hydrogen) atoms. The number of carbonyl (C=O) groups excluding carboxylic acids is 2. The third-order valence-corrected chi connectivity index (χ3v) is 6.54. The van der Waals surface area contributed by atoms with Gasteiger partial charge in [-0.25, -0.2) is 9.97 Å². The summed E-state index contributed by atoms with van der Waals surface area (Å²) < 4.78 is 5.46. The predicted octanol–water partition coefficient (Wildman–Crippen LogP) is 5.51. The van der Waals surface area contributed by atoms with E-state index in [9.17, 15) is 14.9 Å². The summed E-state index contributed by atoms with van der Waals surface area (Å²) in [5.41, 5.74) is 4.91. The smallest absolute Gasteiger partial charge is 0.258 e. The Hall–Kier alpha value is -5.14. The Kier molecular flexibility index (Phi) is 6.76. The average Bonchev–Trinajstić information content (AvgIpc) is 3.34. The maximum atomic E-state index is 13.3. The molecule has 5 aromatic rings. The summed E-state index contributed by atoms with van der Waals surface area (Å²) >= 11 is 1.26. The highest BCUT2D eigenvalue weighted by atomic mass is 32.1. The molecule has 2 amide bonds. The Morgan fingerprint density at radius 2 is 1.79 bits per heavy atom. The second-order valence-corrected chi connectivity index (χ2v) is 9.18. The van der Waals surface area contributed by atoms with E-state index in [0.717, 1.165) is 11.3 Å². The molecule has 0 aliphatic carbocycles. The number of methoxy groups -OCH3 is 1. The first-order chi connectivity index (χ1) is 18.4. The van der Waals surface area contributed by atoms with E-state index in [-0.39, 0.29) is 11.8 Å². The molecule has 0 bridgehead atoms. The van der Waals surface area contributed by atoms with Crippen LogP contribution in [0.4, 0.5) is 10.8 Å². The van der Waals surface area contributed by atoms with Crippen LogP contribution >= 0.6 is 11.3 Å². The van der Waals surface area contributed by atoms with Crippen molar-refractivity contribution in [2.24, 2.45) is 0 Å². The van der Waals surface area contributed by atoms with Crippen molar-refractivity contribution >= 4 is 44.3 Å². The van der Waals surface area contributed by atoms with Crippen LogP contribution in [-0.4, -0.2) is 33.9 Å². The second-order valence-electron chi connectivity index (χ2n) is 8.20. The minimum absolute atomic E-state index is 0.134. The number of amides is 2. The quantitative estimate of drug-likeness (QED) is 0.302. The topological polar surface area (TPSA) is 130 Å². The zero-order chi connectivity index (χ0) is 26.6. The van der Waals surface area contributed by atoms with Crippen LogP contribution in [0, 0.1) is 11.3 Å². The Morgan fingerprint density at radius 3 is 2.53 bits per heavy atom. The Labute approximate surface area is 221 Å². The summed E-state index contributed by atoms with van der Waals surface area (Å²) in [6, 6.07) is 19.8. The molecule has 0 fully saturated rings. The lowest BCUT2D eigenvalue weighted by atomic mass is 9.99. The molecule has 186 valence electrons. The van der Waals surface area contributed by atoms with E-state index in [1.165, 1.54) is 31.6 Å². The molecule has 3 heterocycles. The van der Waals surface area contributed by atoms with Gasteiger partial charge in [-0.2, -0.15) is 5.26 Å². The summed E-state index contributed by atoms with van der Waals surface area (Å²) in [6.07, 6.45) is 3.10. The normalized spacial score (nSPS) is 10.6. The number of pyridine rings is 2. The molecule has 0 aliphatic heterocycles. The van der Waals surface area contributed by atoms with E-state index in [1.54, 1.807) is 30.5 Å². The number of nitriles is 1. The second kappa shape index (κ2) is 10.5. The number of nitrogens with zero attached hydrogens (tertiary/aromatic N) is 4. The molecule has 0 saturated carbocycles. The van der Waals surface area contributed by atoms with E-state index >= 15 is 0 Å². The fraction of sp³-hybridized carbons (Fsp3) is 0.0714. The van der Waals surface area contributed by atoms with Gasteiger partial charge in [0.15, 0.2) is 5.13 Å². The summed E-state index contributed by atoms with van der Waals surface area (Å²) in [5.74, 6) is 0.0118. The summed E-state index contributed by atoms with van der Waals surface area (Å²) in [7, 11) is 1.53. The third kappa shape index (κ3) is 5.04. The highest BCUT2D eigenvalue weighted by Gasteiger charge is 2.18. The van der Waals surface area contributed by atoms with E-state index in [1.807, 2.05) is 36.4 Å². The van der Waals surface area contributed by atoms with Crippen molar-refractivity contribution in [1.82, 2.24) is 15.0 Å². The lowest BCUT2D eigenvalue weighted by molar-refractivity contribution is -0.114. The third-order valence-electron chi connectivity index (χ3n) is 5.66. The van der Waals surface area contributed by atoms with Gasteiger partial charge in [-0.3, -0.25) is 19.9 Å². The molecule has 10 heteroatoms.